The number of halogens is 5. The third-order valence-electron chi connectivity index (χ3n) is 8.54. The number of benzene rings is 4. The number of nitrogens with one attached hydrogen (secondary N) is 2. The molecule has 2 aliphatic heterocycles. The molecule has 0 radical (unpaired) electrons. The summed E-state index contributed by atoms with van der Waals surface area (Å²) in [4.78, 5) is 24.7. The molecule has 6 rings (SSSR count). The van der Waals surface area contributed by atoms with Gasteiger partial charge in [-0.1, -0.05) is 92.7 Å². The van der Waals surface area contributed by atoms with Gasteiger partial charge in [0, 0.05) is 54.6 Å². The van der Waals surface area contributed by atoms with Crippen LogP contribution in [-0.4, -0.2) is 50.3 Å². The molecule has 54 heavy (non-hydrogen) atoms. The Morgan fingerprint density at radius 3 is 1.43 bits per heavy atom. The highest BCUT2D eigenvalue weighted by Gasteiger charge is 2.35. The highest BCUT2D eigenvalue weighted by Crippen LogP contribution is 2.38. The number of amides is 2. The first kappa shape index (κ1) is 43.3. The average Bonchev–Trinajstić information content (AvgIpc) is 3.03. The van der Waals surface area contributed by atoms with Gasteiger partial charge in [0.2, 0.25) is 0 Å². The Bertz CT molecular complexity index is 2090. The maximum Gasteiger partial charge on any atom is 0.488 e. The van der Waals surface area contributed by atoms with E-state index >= 15 is 0 Å². The largest absolute Gasteiger partial charge is 0.511 e. The minimum Gasteiger partial charge on any atom is -0.511 e. The van der Waals surface area contributed by atoms with Crippen LogP contribution in [0.2, 0.25) is 20.1 Å². The lowest BCUT2D eigenvalue weighted by molar-refractivity contribution is -0.118. The van der Waals surface area contributed by atoms with Crippen molar-refractivity contribution < 1.29 is 29.9 Å². The summed E-state index contributed by atoms with van der Waals surface area (Å²) in [5, 5.41) is 45.8. The lowest BCUT2D eigenvalue weighted by Gasteiger charge is -2.32. The summed E-state index contributed by atoms with van der Waals surface area (Å²) >= 11 is 27.6. The fourth-order valence-corrected chi connectivity index (χ4v) is 7.82. The maximum absolute atomic E-state index is 12.5. The molecule has 284 valence electrons. The SMILES string of the molecule is Cc1cc(-c2ccc(Cl)cc2)cc(Cl)c1C1=C(O)CC(C)(C)NC1=O.Cc1cc(Br)cc(Cl)c1C1=C(O)CC(C)(C)NC1=O.OB(O)c1ccc(Cl)cc1. The van der Waals surface area contributed by atoms with Crippen LogP contribution in [0, 0.1) is 13.8 Å². The Morgan fingerprint density at radius 2 is 1.04 bits per heavy atom. The number of hydrogen-bond acceptors (Lipinski definition) is 6. The fourth-order valence-electron chi connectivity index (χ4n) is 6.14. The zero-order valence-electron chi connectivity index (χ0n) is 30.4. The van der Waals surface area contributed by atoms with E-state index in [1.54, 1.807) is 36.4 Å². The molecule has 0 spiro atoms. The second-order valence-electron chi connectivity index (χ2n) is 14.3. The third-order valence-corrected chi connectivity index (χ3v) is 10.1. The molecule has 4 aromatic carbocycles. The Hall–Kier alpha value is -3.48. The molecule has 0 bridgehead atoms. The Morgan fingerprint density at radius 1 is 0.630 bits per heavy atom. The molecular weight excluding hydrogens is 837 g/mol. The van der Waals surface area contributed by atoms with Crippen molar-refractivity contribution in [1.82, 2.24) is 10.6 Å². The summed E-state index contributed by atoms with van der Waals surface area (Å²) in [6, 6.07) is 21.2. The summed E-state index contributed by atoms with van der Waals surface area (Å²) < 4.78 is 0.843. The van der Waals surface area contributed by atoms with Gasteiger partial charge in [-0.15, -0.1) is 0 Å². The molecule has 0 atom stereocenters. The fraction of sp³-hybridized carbons (Fsp3) is 0.250. The molecule has 0 aromatic heterocycles. The van der Waals surface area contributed by atoms with E-state index in [2.05, 4.69) is 26.6 Å². The Labute approximate surface area is 344 Å². The predicted octanol–water partition coefficient (Wildman–Crippen LogP) is 9.53. The first-order valence-corrected chi connectivity index (χ1v) is 19.0. The smallest absolute Gasteiger partial charge is 0.488 e. The number of hydrogen-bond donors (Lipinski definition) is 6. The van der Waals surface area contributed by atoms with Crippen LogP contribution in [0.4, 0.5) is 0 Å². The Kier molecular flexibility index (Phi) is 14.1. The van der Waals surface area contributed by atoms with E-state index in [1.165, 1.54) is 0 Å². The van der Waals surface area contributed by atoms with E-state index in [0.29, 0.717) is 49.5 Å². The van der Waals surface area contributed by atoms with Crippen molar-refractivity contribution in [2.45, 2.75) is 65.5 Å². The maximum atomic E-state index is 12.5. The summed E-state index contributed by atoms with van der Waals surface area (Å²) in [6.45, 7) is 11.2. The molecule has 2 aliphatic rings. The average molecular weight is 877 g/mol. The van der Waals surface area contributed by atoms with E-state index < -0.39 is 18.2 Å². The van der Waals surface area contributed by atoms with Gasteiger partial charge in [0.25, 0.3) is 11.8 Å². The van der Waals surface area contributed by atoms with Gasteiger partial charge in [0.15, 0.2) is 0 Å². The summed E-state index contributed by atoms with van der Waals surface area (Å²) in [7, 11) is -1.41. The van der Waals surface area contributed by atoms with Gasteiger partial charge in [-0.2, -0.15) is 0 Å². The van der Waals surface area contributed by atoms with E-state index in [4.69, 9.17) is 56.5 Å². The van der Waals surface area contributed by atoms with E-state index in [-0.39, 0.29) is 34.5 Å². The van der Waals surface area contributed by atoms with Crippen LogP contribution in [0.5, 0.6) is 0 Å². The summed E-state index contributed by atoms with van der Waals surface area (Å²) in [5.41, 5.74) is 4.80. The van der Waals surface area contributed by atoms with Gasteiger partial charge in [-0.25, -0.2) is 0 Å². The third kappa shape index (κ3) is 10.8. The van der Waals surface area contributed by atoms with Crippen molar-refractivity contribution >= 4 is 97.9 Å². The van der Waals surface area contributed by atoms with Crippen LogP contribution in [-0.2, 0) is 9.59 Å². The summed E-state index contributed by atoms with van der Waals surface area (Å²) in [6.07, 6.45) is 0.753. The number of rotatable bonds is 4. The first-order valence-electron chi connectivity index (χ1n) is 16.7. The van der Waals surface area contributed by atoms with E-state index in [1.807, 2.05) is 77.9 Å². The van der Waals surface area contributed by atoms with Crippen molar-refractivity contribution in [3.8, 4) is 11.1 Å². The highest BCUT2D eigenvalue weighted by atomic mass is 79.9. The second kappa shape index (κ2) is 17.5. The Balaban J connectivity index is 0.000000197. The molecule has 8 nitrogen and oxygen atoms in total. The normalized spacial score (nSPS) is 16.0. The molecule has 0 aliphatic carbocycles. The molecule has 2 heterocycles. The minimum atomic E-state index is -1.41. The number of aliphatic hydroxyl groups excluding tert-OH is 2. The van der Waals surface area contributed by atoms with Crippen molar-refractivity contribution in [3.05, 3.63) is 131 Å². The van der Waals surface area contributed by atoms with Crippen LogP contribution in [0.15, 0.2) is 88.8 Å². The van der Waals surface area contributed by atoms with Crippen LogP contribution < -0.4 is 16.1 Å². The molecular formula is C40H40BBrCl4N2O6. The van der Waals surface area contributed by atoms with Gasteiger partial charge in [0.05, 0.1) is 16.2 Å². The van der Waals surface area contributed by atoms with Crippen molar-refractivity contribution in [2.75, 3.05) is 0 Å². The number of aryl methyl sites for hydroxylation is 2. The number of carbonyl (C=O) groups excluding carboxylic acids is 2. The standard InChI is InChI=1S/C20H19Cl2NO2.C14H15BrClNO2.C6H6BClO2/c1-11-8-13(12-4-6-14(21)7-5-12)9-15(22)17(11)18-16(24)10-20(2,3)23-19(18)25;1-7-4-8(15)5-9(16)11(7)12-10(18)6-14(2,3)17-13(12)19;8-6-3-1-5(2-4-6)7(9)10/h4-9,24H,10H2,1-3H3,(H,23,25);4-5,18H,6H2,1-3H3,(H,17,19);1-4,9-10H. The van der Waals surface area contributed by atoms with E-state index in [0.717, 1.165) is 26.7 Å². The van der Waals surface area contributed by atoms with E-state index in [9.17, 15) is 19.8 Å². The van der Waals surface area contributed by atoms with Crippen LogP contribution in [0.25, 0.3) is 22.3 Å². The van der Waals surface area contributed by atoms with Crippen molar-refractivity contribution in [2.24, 2.45) is 0 Å². The van der Waals surface area contributed by atoms with Crippen molar-refractivity contribution in [1.29, 1.82) is 0 Å². The first-order chi connectivity index (χ1) is 25.1. The molecule has 14 heteroatoms. The summed E-state index contributed by atoms with van der Waals surface area (Å²) in [5.74, 6) is -0.446. The molecule has 0 saturated heterocycles. The van der Waals surface area contributed by atoms with Crippen LogP contribution >= 0.6 is 62.3 Å². The van der Waals surface area contributed by atoms with Gasteiger partial charge < -0.3 is 30.9 Å². The van der Waals surface area contributed by atoms with Crippen molar-refractivity contribution in [3.63, 3.8) is 0 Å². The molecule has 6 N–H and O–H groups in total. The topological polar surface area (TPSA) is 139 Å². The zero-order valence-corrected chi connectivity index (χ0v) is 35.0. The van der Waals surface area contributed by atoms with Gasteiger partial charge >= 0.3 is 7.12 Å². The number of aliphatic hydroxyl groups is 2. The quantitative estimate of drug-likeness (QED) is 0.113. The lowest BCUT2D eigenvalue weighted by atomic mass is 9.81. The molecule has 2 amide bonds. The van der Waals surface area contributed by atoms with Crippen LogP contribution in [0.1, 0.15) is 62.8 Å². The number of carbonyl (C=O) groups is 2. The molecule has 0 unspecified atom stereocenters. The lowest BCUT2D eigenvalue weighted by Crippen LogP contribution is -2.47. The predicted molar refractivity (Wildman–Crippen MR) is 225 cm³/mol. The van der Waals surface area contributed by atoms with Gasteiger partial charge in [0.1, 0.15) is 11.5 Å². The molecule has 4 aromatic rings. The monoisotopic (exact) mass is 874 g/mol. The highest BCUT2D eigenvalue weighted by molar-refractivity contribution is 9.10. The molecule has 0 fully saturated rings. The minimum absolute atomic E-state index is 0.0676. The van der Waals surface area contributed by atoms with Crippen LogP contribution in [0.3, 0.4) is 0 Å². The molecule has 0 saturated carbocycles. The second-order valence-corrected chi connectivity index (χ2v) is 16.9. The van der Waals surface area contributed by atoms with Gasteiger partial charge in [-0.3, -0.25) is 9.59 Å². The van der Waals surface area contributed by atoms with Gasteiger partial charge in [-0.05, 0) is 112 Å². The zero-order chi connectivity index (χ0) is 40.3.